The topological polar surface area (TPSA) is 30.7 Å². The minimum atomic E-state index is 0.959. The highest BCUT2D eigenvalue weighted by Crippen LogP contribution is 2.37. The first-order valence-corrected chi connectivity index (χ1v) is 10.5. The van der Waals surface area contributed by atoms with Crippen LogP contribution in [0.5, 0.6) is 0 Å². The second kappa shape index (κ2) is 6.78. The monoisotopic (exact) mass is 399 g/mol. The van der Waals surface area contributed by atoms with Gasteiger partial charge in [0, 0.05) is 16.6 Å². The maximum absolute atomic E-state index is 4.78. The molecule has 2 heterocycles. The van der Waals surface area contributed by atoms with Gasteiger partial charge in [-0.2, -0.15) is 0 Å². The first-order valence-electron chi connectivity index (χ1n) is 10.5. The van der Waals surface area contributed by atoms with Crippen molar-refractivity contribution >= 4 is 32.7 Å². The van der Waals surface area contributed by atoms with Gasteiger partial charge in [0.05, 0.1) is 16.7 Å². The zero-order valence-corrected chi connectivity index (χ0v) is 17.5. The summed E-state index contributed by atoms with van der Waals surface area (Å²) in [5.41, 5.74) is 8.82. The lowest BCUT2D eigenvalue weighted by Gasteiger charge is -2.11. The van der Waals surface area contributed by atoms with Gasteiger partial charge in [0.25, 0.3) is 0 Å². The largest absolute Gasteiger partial charge is 0.306 e. The number of hydrogen-bond donors (Lipinski definition) is 0. The lowest BCUT2D eigenvalue weighted by molar-refractivity contribution is 1.14. The number of benzene rings is 4. The molecule has 0 saturated carbocycles. The van der Waals surface area contributed by atoms with E-state index >= 15 is 0 Å². The van der Waals surface area contributed by atoms with Crippen molar-refractivity contribution in [3.8, 4) is 16.9 Å². The summed E-state index contributed by atoms with van der Waals surface area (Å²) in [6.07, 6.45) is 1.69. The molecule has 0 N–H and O–H groups in total. The standard InChI is InChI=1S/C28H21N3/c1-18-12-19(2)14-22(13-18)26-28-27(30-17-29-26)24-15-20-8-6-7-9-21(20)16-25(24)31(28)23-10-4-3-5-11-23/h3-17H,1-2H3. The third kappa shape index (κ3) is 2.82. The van der Waals surface area contributed by atoms with Gasteiger partial charge >= 0.3 is 0 Å². The van der Waals surface area contributed by atoms with E-state index < -0.39 is 0 Å². The third-order valence-electron chi connectivity index (χ3n) is 5.92. The predicted molar refractivity (Wildman–Crippen MR) is 129 cm³/mol. The molecule has 3 nitrogen and oxygen atoms in total. The number of aryl methyl sites for hydroxylation is 2. The summed E-state index contributed by atoms with van der Waals surface area (Å²) in [7, 11) is 0. The van der Waals surface area contributed by atoms with E-state index in [0.29, 0.717) is 0 Å². The first kappa shape index (κ1) is 17.8. The molecule has 148 valence electrons. The normalized spacial score (nSPS) is 11.5. The summed E-state index contributed by atoms with van der Waals surface area (Å²) >= 11 is 0. The molecule has 0 atom stereocenters. The number of fused-ring (bicyclic) bond motifs is 4. The lowest BCUT2D eigenvalue weighted by atomic mass is 10.0. The molecule has 6 aromatic rings. The third-order valence-corrected chi connectivity index (χ3v) is 5.92. The minimum Gasteiger partial charge on any atom is -0.306 e. The molecule has 2 aromatic heterocycles. The van der Waals surface area contributed by atoms with Crippen molar-refractivity contribution in [2.45, 2.75) is 13.8 Å². The molecule has 0 radical (unpaired) electrons. The Hall–Kier alpha value is -3.98. The van der Waals surface area contributed by atoms with Crippen LogP contribution in [0.1, 0.15) is 11.1 Å². The van der Waals surface area contributed by atoms with Gasteiger partial charge in [-0.1, -0.05) is 59.7 Å². The Labute approximate surface area is 180 Å². The SMILES string of the molecule is Cc1cc(C)cc(-c2ncnc3c4cc5ccccc5cc4n(-c4ccccc4)c23)c1. The van der Waals surface area contributed by atoms with Crippen LogP contribution in [0.2, 0.25) is 0 Å². The van der Waals surface area contributed by atoms with E-state index in [9.17, 15) is 0 Å². The van der Waals surface area contributed by atoms with Crippen LogP contribution < -0.4 is 0 Å². The Morgan fingerprint density at radius 1 is 0.677 bits per heavy atom. The summed E-state index contributed by atoms with van der Waals surface area (Å²) in [5.74, 6) is 0. The van der Waals surface area contributed by atoms with Gasteiger partial charge in [-0.15, -0.1) is 0 Å². The summed E-state index contributed by atoms with van der Waals surface area (Å²) in [6.45, 7) is 4.27. The molecule has 0 aliphatic heterocycles. The van der Waals surface area contributed by atoms with E-state index in [0.717, 1.165) is 38.9 Å². The molecule has 0 aliphatic rings. The van der Waals surface area contributed by atoms with Crippen LogP contribution in [0.25, 0.3) is 49.7 Å². The van der Waals surface area contributed by atoms with Crippen molar-refractivity contribution in [2.75, 3.05) is 0 Å². The van der Waals surface area contributed by atoms with Gasteiger partial charge in [0.1, 0.15) is 11.8 Å². The van der Waals surface area contributed by atoms with E-state index in [1.807, 2.05) is 6.07 Å². The van der Waals surface area contributed by atoms with Crippen molar-refractivity contribution in [3.63, 3.8) is 0 Å². The molecular weight excluding hydrogens is 378 g/mol. The lowest BCUT2D eigenvalue weighted by Crippen LogP contribution is -1.97. The van der Waals surface area contributed by atoms with E-state index in [1.54, 1.807) is 6.33 Å². The van der Waals surface area contributed by atoms with Crippen LogP contribution in [0.15, 0.2) is 91.3 Å². The smallest absolute Gasteiger partial charge is 0.116 e. The second-order valence-electron chi connectivity index (χ2n) is 8.18. The zero-order chi connectivity index (χ0) is 20.9. The average Bonchev–Trinajstić information content (AvgIpc) is 3.11. The Kier molecular flexibility index (Phi) is 3.90. The van der Waals surface area contributed by atoms with Crippen LogP contribution in [-0.4, -0.2) is 14.5 Å². The van der Waals surface area contributed by atoms with E-state index in [4.69, 9.17) is 9.97 Å². The number of aromatic nitrogens is 3. The molecule has 31 heavy (non-hydrogen) atoms. The van der Waals surface area contributed by atoms with E-state index in [2.05, 4.69) is 97.3 Å². The van der Waals surface area contributed by atoms with Gasteiger partial charge in [-0.05, 0) is 61.0 Å². The second-order valence-corrected chi connectivity index (χ2v) is 8.18. The molecule has 0 aliphatic carbocycles. The van der Waals surface area contributed by atoms with Gasteiger partial charge in [-0.3, -0.25) is 0 Å². The van der Waals surface area contributed by atoms with E-state index in [-0.39, 0.29) is 0 Å². The molecular formula is C28H21N3. The molecule has 4 aromatic carbocycles. The average molecular weight is 399 g/mol. The highest BCUT2D eigenvalue weighted by atomic mass is 15.0. The summed E-state index contributed by atoms with van der Waals surface area (Å²) in [4.78, 5) is 9.54. The molecule has 0 amide bonds. The Morgan fingerprint density at radius 3 is 2.10 bits per heavy atom. The van der Waals surface area contributed by atoms with Crippen LogP contribution in [0.4, 0.5) is 0 Å². The zero-order valence-electron chi connectivity index (χ0n) is 17.5. The summed E-state index contributed by atoms with van der Waals surface area (Å²) in [6, 6.07) is 30.1. The minimum absolute atomic E-state index is 0.959. The van der Waals surface area contributed by atoms with Crippen molar-refractivity contribution < 1.29 is 0 Å². The number of hydrogen-bond acceptors (Lipinski definition) is 2. The molecule has 0 fully saturated rings. The molecule has 6 rings (SSSR count). The Morgan fingerprint density at radius 2 is 1.35 bits per heavy atom. The predicted octanol–water partition coefficient (Wildman–Crippen LogP) is 7.01. The number of para-hydroxylation sites is 1. The Bertz CT molecular complexity index is 1570. The van der Waals surface area contributed by atoms with Crippen LogP contribution in [0, 0.1) is 13.8 Å². The summed E-state index contributed by atoms with van der Waals surface area (Å²) < 4.78 is 2.31. The van der Waals surface area contributed by atoms with Gasteiger partial charge in [-0.25, -0.2) is 9.97 Å². The fourth-order valence-corrected chi connectivity index (χ4v) is 4.68. The number of nitrogens with zero attached hydrogens (tertiary/aromatic N) is 3. The molecule has 0 bridgehead atoms. The van der Waals surface area contributed by atoms with Crippen molar-refractivity contribution in [1.29, 1.82) is 0 Å². The summed E-state index contributed by atoms with van der Waals surface area (Å²) in [5, 5.41) is 3.58. The van der Waals surface area contributed by atoms with Crippen molar-refractivity contribution in [1.82, 2.24) is 14.5 Å². The van der Waals surface area contributed by atoms with Gasteiger partial charge < -0.3 is 4.57 Å². The van der Waals surface area contributed by atoms with Gasteiger partial charge in [0.2, 0.25) is 0 Å². The highest BCUT2D eigenvalue weighted by molar-refractivity contribution is 6.14. The molecule has 0 saturated heterocycles. The van der Waals surface area contributed by atoms with E-state index in [1.165, 1.54) is 21.9 Å². The fourth-order valence-electron chi connectivity index (χ4n) is 4.68. The molecule has 0 spiro atoms. The van der Waals surface area contributed by atoms with Crippen LogP contribution in [-0.2, 0) is 0 Å². The van der Waals surface area contributed by atoms with Crippen LogP contribution >= 0.6 is 0 Å². The quantitative estimate of drug-likeness (QED) is 0.313. The van der Waals surface area contributed by atoms with Crippen molar-refractivity contribution in [3.05, 3.63) is 102 Å². The molecule has 3 heteroatoms. The first-order chi connectivity index (χ1) is 15.2. The van der Waals surface area contributed by atoms with Crippen LogP contribution in [0.3, 0.4) is 0 Å². The maximum atomic E-state index is 4.78. The van der Waals surface area contributed by atoms with Crippen molar-refractivity contribution in [2.24, 2.45) is 0 Å². The maximum Gasteiger partial charge on any atom is 0.116 e. The molecule has 0 unspecified atom stereocenters. The van der Waals surface area contributed by atoms with Gasteiger partial charge in [0.15, 0.2) is 0 Å². The highest BCUT2D eigenvalue weighted by Gasteiger charge is 2.19. The number of rotatable bonds is 2. The fraction of sp³-hybridized carbons (Fsp3) is 0.0714. The Balaban J connectivity index is 1.83.